The SMILES string of the molecule is COCCNCC1CCN(C(C)C)C1. The summed E-state index contributed by atoms with van der Waals surface area (Å²) in [5.41, 5.74) is 0. The summed E-state index contributed by atoms with van der Waals surface area (Å²) >= 11 is 0. The molecule has 0 aromatic carbocycles. The van der Waals surface area contributed by atoms with Crippen LogP contribution in [0.4, 0.5) is 0 Å². The van der Waals surface area contributed by atoms with Crippen molar-refractivity contribution in [3.8, 4) is 0 Å². The second-order valence-electron chi connectivity index (χ2n) is 4.44. The van der Waals surface area contributed by atoms with Crippen LogP contribution in [-0.2, 0) is 4.74 Å². The molecule has 0 aliphatic carbocycles. The Bertz CT molecular complexity index is 150. The number of nitrogens with one attached hydrogen (secondary N) is 1. The molecule has 3 heteroatoms. The highest BCUT2D eigenvalue weighted by molar-refractivity contribution is 4.78. The molecule has 0 aromatic rings. The van der Waals surface area contributed by atoms with E-state index in [4.69, 9.17) is 4.74 Å². The Hall–Kier alpha value is -0.120. The zero-order valence-corrected chi connectivity index (χ0v) is 9.75. The topological polar surface area (TPSA) is 24.5 Å². The first-order valence-corrected chi connectivity index (χ1v) is 5.67. The lowest BCUT2D eigenvalue weighted by Gasteiger charge is -2.20. The summed E-state index contributed by atoms with van der Waals surface area (Å²) in [6, 6.07) is 0.707. The zero-order chi connectivity index (χ0) is 10.4. The molecule has 1 saturated heterocycles. The van der Waals surface area contributed by atoms with Gasteiger partial charge in [0.05, 0.1) is 6.61 Å². The van der Waals surface area contributed by atoms with Gasteiger partial charge in [0.25, 0.3) is 0 Å². The van der Waals surface area contributed by atoms with Gasteiger partial charge in [-0.15, -0.1) is 0 Å². The second-order valence-corrected chi connectivity index (χ2v) is 4.44. The minimum absolute atomic E-state index is 0.707. The van der Waals surface area contributed by atoms with Crippen molar-refractivity contribution in [2.24, 2.45) is 5.92 Å². The summed E-state index contributed by atoms with van der Waals surface area (Å²) < 4.78 is 4.99. The van der Waals surface area contributed by atoms with Crippen LogP contribution in [0.3, 0.4) is 0 Å². The third-order valence-corrected chi connectivity index (χ3v) is 2.96. The van der Waals surface area contributed by atoms with E-state index in [1.54, 1.807) is 7.11 Å². The Morgan fingerprint density at radius 3 is 2.86 bits per heavy atom. The van der Waals surface area contributed by atoms with Crippen LogP contribution in [0, 0.1) is 5.92 Å². The smallest absolute Gasteiger partial charge is 0.0587 e. The fourth-order valence-corrected chi connectivity index (χ4v) is 1.98. The number of rotatable bonds is 6. The normalized spacial score (nSPS) is 23.6. The molecule has 14 heavy (non-hydrogen) atoms. The molecule has 3 nitrogen and oxygen atoms in total. The average molecular weight is 200 g/mol. The molecule has 1 atom stereocenters. The van der Waals surface area contributed by atoms with Crippen molar-refractivity contribution in [3.05, 3.63) is 0 Å². The van der Waals surface area contributed by atoms with Gasteiger partial charge in [-0.1, -0.05) is 0 Å². The summed E-state index contributed by atoms with van der Waals surface area (Å²) in [7, 11) is 1.75. The maximum absolute atomic E-state index is 4.99. The Morgan fingerprint density at radius 2 is 2.29 bits per heavy atom. The summed E-state index contributed by atoms with van der Waals surface area (Å²) in [4.78, 5) is 2.56. The highest BCUT2D eigenvalue weighted by Crippen LogP contribution is 2.17. The molecular formula is C11H24N2O. The van der Waals surface area contributed by atoms with Crippen LogP contribution in [-0.4, -0.2) is 50.8 Å². The number of likely N-dealkylation sites (tertiary alicyclic amines) is 1. The van der Waals surface area contributed by atoms with Crippen molar-refractivity contribution >= 4 is 0 Å². The van der Waals surface area contributed by atoms with Crippen molar-refractivity contribution in [1.29, 1.82) is 0 Å². The van der Waals surface area contributed by atoms with Crippen LogP contribution in [0.5, 0.6) is 0 Å². The Balaban J connectivity index is 2.04. The van der Waals surface area contributed by atoms with Gasteiger partial charge in [0.15, 0.2) is 0 Å². The van der Waals surface area contributed by atoms with E-state index in [-0.39, 0.29) is 0 Å². The molecule has 1 fully saturated rings. The third kappa shape index (κ3) is 3.95. The van der Waals surface area contributed by atoms with Crippen LogP contribution >= 0.6 is 0 Å². The number of hydrogen-bond acceptors (Lipinski definition) is 3. The van der Waals surface area contributed by atoms with E-state index in [1.165, 1.54) is 19.5 Å². The molecule has 1 aliphatic heterocycles. The minimum Gasteiger partial charge on any atom is -0.383 e. The third-order valence-electron chi connectivity index (χ3n) is 2.96. The molecule has 0 amide bonds. The monoisotopic (exact) mass is 200 g/mol. The van der Waals surface area contributed by atoms with Crippen LogP contribution in [0.25, 0.3) is 0 Å². The van der Waals surface area contributed by atoms with E-state index in [0.29, 0.717) is 6.04 Å². The second kappa shape index (κ2) is 6.38. The predicted octanol–water partition coefficient (Wildman–Crippen LogP) is 0.953. The van der Waals surface area contributed by atoms with Crippen LogP contribution in [0.2, 0.25) is 0 Å². The summed E-state index contributed by atoms with van der Waals surface area (Å²) in [5, 5.41) is 3.44. The molecule has 0 bridgehead atoms. The molecule has 1 unspecified atom stereocenters. The summed E-state index contributed by atoms with van der Waals surface area (Å²) in [6.07, 6.45) is 1.35. The number of hydrogen-bond donors (Lipinski definition) is 1. The molecule has 0 spiro atoms. The molecule has 1 aliphatic rings. The molecule has 0 aromatic heterocycles. The van der Waals surface area contributed by atoms with Crippen molar-refractivity contribution in [2.45, 2.75) is 26.3 Å². The fourth-order valence-electron chi connectivity index (χ4n) is 1.98. The van der Waals surface area contributed by atoms with Gasteiger partial charge in [-0.25, -0.2) is 0 Å². The standard InChI is InChI=1S/C11H24N2O/c1-10(2)13-6-4-11(9-13)8-12-5-7-14-3/h10-12H,4-9H2,1-3H3. The van der Waals surface area contributed by atoms with Crippen LogP contribution in [0.15, 0.2) is 0 Å². The van der Waals surface area contributed by atoms with Gasteiger partial charge in [-0.3, -0.25) is 0 Å². The number of nitrogens with zero attached hydrogens (tertiary/aromatic N) is 1. The highest BCUT2D eigenvalue weighted by Gasteiger charge is 2.23. The van der Waals surface area contributed by atoms with E-state index in [2.05, 4.69) is 24.1 Å². The number of ether oxygens (including phenoxy) is 1. The molecule has 1 rings (SSSR count). The van der Waals surface area contributed by atoms with Crippen LogP contribution < -0.4 is 5.32 Å². The Labute approximate surface area is 87.8 Å². The first-order valence-electron chi connectivity index (χ1n) is 5.67. The van der Waals surface area contributed by atoms with E-state index in [0.717, 1.165) is 25.6 Å². The van der Waals surface area contributed by atoms with Gasteiger partial charge in [0, 0.05) is 26.2 Å². The largest absolute Gasteiger partial charge is 0.383 e. The van der Waals surface area contributed by atoms with Crippen molar-refractivity contribution in [1.82, 2.24) is 10.2 Å². The van der Waals surface area contributed by atoms with Gasteiger partial charge in [0.1, 0.15) is 0 Å². The van der Waals surface area contributed by atoms with E-state index in [9.17, 15) is 0 Å². The van der Waals surface area contributed by atoms with Gasteiger partial charge in [-0.05, 0) is 39.3 Å². The Kier molecular flexibility index (Phi) is 5.45. The van der Waals surface area contributed by atoms with Gasteiger partial charge < -0.3 is 15.0 Å². The zero-order valence-electron chi connectivity index (χ0n) is 9.75. The van der Waals surface area contributed by atoms with Crippen molar-refractivity contribution in [3.63, 3.8) is 0 Å². The van der Waals surface area contributed by atoms with Crippen molar-refractivity contribution in [2.75, 3.05) is 39.9 Å². The van der Waals surface area contributed by atoms with E-state index >= 15 is 0 Å². The molecule has 84 valence electrons. The quantitative estimate of drug-likeness (QED) is 0.646. The van der Waals surface area contributed by atoms with E-state index < -0.39 is 0 Å². The molecular weight excluding hydrogens is 176 g/mol. The highest BCUT2D eigenvalue weighted by atomic mass is 16.5. The van der Waals surface area contributed by atoms with Crippen molar-refractivity contribution < 1.29 is 4.74 Å². The molecule has 0 saturated carbocycles. The summed E-state index contributed by atoms with van der Waals surface area (Å²) in [5.74, 6) is 0.842. The first kappa shape index (κ1) is 12.0. The fraction of sp³-hybridized carbons (Fsp3) is 1.00. The molecule has 1 heterocycles. The maximum atomic E-state index is 4.99. The van der Waals surface area contributed by atoms with Gasteiger partial charge >= 0.3 is 0 Å². The lowest BCUT2D eigenvalue weighted by Crippen LogP contribution is -2.31. The van der Waals surface area contributed by atoms with Gasteiger partial charge in [-0.2, -0.15) is 0 Å². The average Bonchev–Trinajstić information content (AvgIpc) is 2.61. The Morgan fingerprint density at radius 1 is 1.50 bits per heavy atom. The minimum atomic E-state index is 0.707. The predicted molar refractivity (Wildman–Crippen MR) is 59.6 cm³/mol. The van der Waals surface area contributed by atoms with Gasteiger partial charge in [0.2, 0.25) is 0 Å². The lowest BCUT2D eigenvalue weighted by molar-refractivity contribution is 0.197. The summed E-state index contributed by atoms with van der Waals surface area (Å²) in [6.45, 7) is 10.0. The molecule has 0 radical (unpaired) electrons. The molecule has 1 N–H and O–H groups in total. The lowest BCUT2D eigenvalue weighted by atomic mass is 10.1. The van der Waals surface area contributed by atoms with E-state index in [1.807, 2.05) is 0 Å². The van der Waals surface area contributed by atoms with Crippen LogP contribution in [0.1, 0.15) is 20.3 Å². The first-order chi connectivity index (χ1) is 6.74. The number of methoxy groups -OCH3 is 1. The maximum Gasteiger partial charge on any atom is 0.0587 e.